The summed E-state index contributed by atoms with van der Waals surface area (Å²) < 4.78 is 5.51. The number of aliphatic imine (C=N–C) groups is 1. The Labute approximate surface area is 186 Å². The number of nitrogens with zero attached hydrogens (tertiary/aromatic N) is 3. The lowest BCUT2D eigenvalue weighted by molar-refractivity contribution is -0.120. The van der Waals surface area contributed by atoms with Crippen LogP contribution in [0.1, 0.15) is 26.3 Å². The molecule has 31 heavy (non-hydrogen) atoms. The van der Waals surface area contributed by atoms with E-state index in [-0.39, 0.29) is 5.91 Å². The van der Waals surface area contributed by atoms with E-state index in [1.165, 1.54) is 0 Å². The molecule has 1 aromatic carbocycles. The van der Waals surface area contributed by atoms with Gasteiger partial charge in [0.05, 0.1) is 26.3 Å². The first-order chi connectivity index (χ1) is 15.1. The van der Waals surface area contributed by atoms with Crippen LogP contribution in [-0.2, 0) is 16.1 Å². The number of rotatable bonds is 8. The lowest BCUT2D eigenvalue weighted by Gasteiger charge is -2.37. The first-order valence-corrected chi connectivity index (χ1v) is 11.5. The van der Waals surface area contributed by atoms with E-state index in [0.29, 0.717) is 31.6 Å². The molecule has 0 spiro atoms. The molecule has 172 valence electrons. The fourth-order valence-electron chi connectivity index (χ4n) is 4.08. The van der Waals surface area contributed by atoms with Crippen LogP contribution in [-0.4, -0.2) is 81.8 Å². The minimum absolute atomic E-state index is 0.0815. The summed E-state index contributed by atoms with van der Waals surface area (Å²) in [7, 11) is 0. The van der Waals surface area contributed by atoms with E-state index in [1.807, 2.05) is 0 Å². The van der Waals surface area contributed by atoms with Crippen LogP contribution < -0.4 is 20.9 Å². The number of hydrogen-bond donors (Lipinski definition) is 3. The molecule has 0 aliphatic carbocycles. The van der Waals surface area contributed by atoms with Gasteiger partial charge in [-0.25, -0.2) is 4.99 Å². The number of amides is 1. The summed E-state index contributed by atoms with van der Waals surface area (Å²) in [4.78, 5) is 21.0. The molecule has 1 amide bonds. The topological polar surface area (TPSA) is 81.2 Å². The van der Waals surface area contributed by atoms with Gasteiger partial charge < -0.3 is 25.6 Å². The molecule has 2 heterocycles. The molecule has 0 aromatic heterocycles. The third-order valence-corrected chi connectivity index (χ3v) is 5.87. The van der Waals surface area contributed by atoms with Crippen molar-refractivity contribution in [2.24, 2.45) is 10.9 Å². The summed E-state index contributed by atoms with van der Waals surface area (Å²) in [6, 6.07) is 8.81. The second kappa shape index (κ2) is 11.9. The maximum absolute atomic E-state index is 11.6. The summed E-state index contributed by atoms with van der Waals surface area (Å²) >= 11 is 0. The highest BCUT2D eigenvalue weighted by Crippen LogP contribution is 2.16. The average Bonchev–Trinajstić information content (AvgIpc) is 2.78. The van der Waals surface area contributed by atoms with Crippen molar-refractivity contribution in [3.05, 3.63) is 29.8 Å². The summed E-state index contributed by atoms with van der Waals surface area (Å²) in [5, 5.41) is 9.77. The molecule has 0 bridgehead atoms. The third-order valence-electron chi connectivity index (χ3n) is 5.87. The molecule has 3 N–H and O–H groups in total. The number of piperazine rings is 1. The Balaban J connectivity index is 1.56. The van der Waals surface area contributed by atoms with Crippen molar-refractivity contribution in [3.63, 3.8) is 0 Å². The minimum atomic E-state index is 0.0815. The number of benzene rings is 1. The molecule has 8 nitrogen and oxygen atoms in total. The normalized spacial score (nSPS) is 19.3. The van der Waals surface area contributed by atoms with Gasteiger partial charge in [0.15, 0.2) is 5.96 Å². The van der Waals surface area contributed by atoms with Gasteiger partial charge in [-0.2, -0.15) is 0 Å². The van der Waals surface area contributed by atoms with E-state index in [9.17, 15) is 4.79 Å². The van der Waals surface area contributed by atoms with Gasteiger partial charge in [-0.15, -0.1) is 0 Å². The van der Waals surface area contributed by atoms with Crippen LogP contribution in [0.2, 0.25) is 0 Å². The van der Waals surface area contributed by atoms with Crippen LogP contribution in [0.15, 0.2) is 29.3 Å². The van der Waals surface area contributed by atoms with E-state index in [4.69, 9.17) is 9.73 Å². The molecular formula is C23H38N6O2. The predicted molar refractivity (Wildman–Crippen MR) is 126 cm³/mol. The van der Waals surface area contributed by atoms with Gasteiger partial charge in [0, 0.05) is 51.0 Å². The number of carbonyl (C=O) groups is 1. The standard InChI is InChI=1S/C23H38N6O2/c1-4-24-23(27-16-21(18(2)3)28-11-13-31-14-12-28)26-15-19-5-7-20(8-6-19)29-10-9-25-22(30)17-29/h5-8,18,21H,4,9-17H2,1-3H3,(H,25,30)(H2,24,26,27). The van der Waals surface area contributed by atoms with Crippen molar-refractivity contribution >= 4 is 17.6 Å². The summed E-state index contributed by atoms with van der Waals surface area (Å²) in [5.41, 5.74) is 2.23. The maximum Gasteiger partial charge on any atom is 0.239 e. The number of ether oxygens (including phenoxy) is 1. The fraction of sp³-hybridized carbons (Fsp3) is 0.652. The first-order valence-electron chi connectivity index (χ1n) is 11.5. The van der Waals surface area contributed by atoms with Crippen molar-refractivity contribution in [1.82, 2.24) is 20.9 Å². The van der Waals surface area contributed by atoms with Gasteiger partial charge in [-0.05, 0) is 30.5 Å². The van der Waals surface area contributed by atoms with Crippen LogP contribution in [0.4, 0.5) is 5.69 Å². The zero-order valence-electron chi connectivity index (χ0n) is 19.2. The van der Waals surface area contributed by atoms with Crippen LogP contribution >= 0.6 is 0 Å². The molecule has 2 fully saturated rings. The molecular weight excluding hydrogens is 392 g/mol. The van der Waals surface area contributed by atoms with Gasteiger partial charge in [0.2, 0.25) is 5.91 Å². The van der Waals surface area contributed by atoms with Crippen LogP contribution in [0, 0.1) is 5.92 Å². The average molecular weight is 431 g/mol. The van der Waals surface area contributed by atoms with Crippen molar-refractivity contribution < 1.29 is 9.53 Å². The summed E-state index contributed by atoms with van der Waals surface area (Å²) in [6.07, 6.45) is 0. The highest BCUT2D eigenvalue weighted by atomic mass is 16.5. The van der Waals surface area contributed by atoms with Crippen LogP contribution in [0.25, 0.3) is 0 Å². The molecule has 2 saturated heterocycles. The molecule has 1 atom stereocenters. The Bertz CT molecular complexity index is 715. The van der Waals surface area contributed by atoms with E-state index in [0.717, 1.165) is 63.1 Å². The fourth-order valence-corrected chi connectivity index (χ4v) is 4.08. The number of anilines is 1. The van der Waals surface area contributed by atoms with Crippen LogP contribution in [0.3, 0.4) is 0 Å². The van der Waals surface area contributed by atoms with Crippen molar-refractivity contribution in [1.29, 1.82) is 0 Å². The second-order valence-corrected chi connectivity index (χ2v) is 8.47. The summed E-state index contributed by atoms with van der Waals surface area (Å²) in [6.45, 7) is 14.5. The maximum atomic E-state index is 11.6. The van der Waals surface area contributed by atoms with Crippen molar-refractivity contribution in [2.45, 2.75) is 33.4 Å². The molecule has 0 saturated carbocycles. The van der Waals surface area contributed by atoms with E-state index < -0.39 is 0 Å². The van der Waals surface area contributed by atoms with Gasteiger partial charge in [-0.3, -0.25) is 9.69 Å². The predicted octanol–water partition coefficient (Wildman–Crippen LogP) is 1.03. The minimum Gasteiger partial charge on any atom is -0.379 e. The highest BCUT2D eigenvalue weighted by Gasteiger charge is 2.24. The number of nitrogens with one attached hydrogen (secondary N) is 3. The number of carbonyl (C=O) groups excluding carboxylic acids is 1. The smallest absolute Gasteiger partial charge is 0.239 e. The quantitative estimate of drug-likeness (QED) is 0.422. The third kappa shape index (κ3) is 7.11. The molecule has 2 aliphatic rings. The Hall–Kier alpha value is -2.32. The Morgan fingerprint density at radius 2 is 1.90 bits per heavy atom. The van der Waals surface area contributed by atoms with Gasteiger partial charge in [-0.1, -0.05) is 26.0 Å². The van der Waals surface area contributed by atoms with Gasteiger partial charge >= 0.3 is 0 Å². The number of morpholine rings is 1. The number of hydrogen-bond acceptors (Lipinski definition) is 5. The molecule has 2 aliphatic heterocycles. The highest BCUT2D eigenvalue weighted by molar-refractivity contribution is 5.82. The second-order valence-electron chi connectivity index (χ2n) is 8.47. The van der Waals surface area contributed by atoms with E-state index >= 15 is 0 Å². The largest absolute Gasteiger partial charge is 0.379 e. The monoisotopic (exact) mass is 430 g/mol. The lowest BCUT2D eigenvalue weighted by Crippen LogP contribution is -2.52. The van der Waals surface area contributed by atoms with E-state index in [2.05, 4.69) is 70.8 Å². The Morgan fingerprint density at radius 3 is 2.55 bits per heavy atom. The molecule has 1 unspecified atom stereocenters. The number of guanidine groups is 1. The van der Waals surface area contributed by atoms with Gasteiger partial charge in [0.25, 0.3) is 0 Å². The zero-order chi connectivity index (χ0) is 22.1. The molecule has 0 radical (unpaired) electrons. The molecule has 8 heteroatoms. The van der Waals surface area contributed by atoms with Crippen molar-refractivity contribution in [3.8, 4) is 0 Å². The first kappa shape index (κ1) is 23.3. The Kier molecular flexibility index (Phi) is 8.97. The van der Waals surface area contributed by atoms with Crippen molar-refractivity contribution in [2.75, 3.05) is 63.9 Å². The lowest BCUT2D eigenvalue weighted by atomic mass is 10.0. The molecule has 3 rings (SSSR count). The van der Waals surface area contributed by atoms with Crippen LogP contribution in [0.5, 0.6) is 0 Å². The van der Waals surface area contributed by atoms with Gasteiger partial charge in [0.1, 0.15) is 0 Å². The molecule has 1 aromatic rings. The zero-order valence-corrected chi connectivity index (χ0v) is 19.2. The summed E-state index contributed by atoms with van der Waals surface area (Å²) in [5.74, 6) is 1.48. The SMILES string of the molecule is CCNC(=NCc1ccc(N2CCNC(=O)C2)cc1)NCC(C(C)C)N1CCOCC1. The van der Waals surface area contributed by atoms with E-state index in [1.54, 1.807) is 0 Å². The Morgan fingerprint density at radius 1 is 1.16 bits per heavy atom.